The van der Waals surface area contributed by atoms with Gasteiger partial charge in [-0.2, -0.15) is 0 Å². The minimum atomic E-state index is -0.128. The Bertz CT molecular complexity index is 769. The molecule has 1 N–H and O–H groups in total. The molecule has 4 aliphatic carbocycles. The second-order valence-electron chi connectivity index (χ2n) is 14.0. The molecule has 0 amide bonds. The number of rotatable bonds is 3. The highest BCUT2D eigenvalue weighted by molar-refractivity contribution is 5.30. The molecule has 0 aromatic rings. The first-order chi connectivity index (χ1) is 14.3. The van der Waals surface area contributed by atoms with E-state index in [9.17, 15) is 5.11 Å². The fourth-order valence-electron chi connectivity index (χ4n) is 9.32. The molecule has 4 aliphatic rings. The average Bonchev–Trinajstić information content (AvgIpc) is 2.66. The molecule has 7 atom stereocenters. The van der Waals surface area contributed by atoms with Crippen LogP contribution in [-0.4, -0.2) is 11.2 Å². The topological polar surface area (TPSA) is 20.2 Å². The van der Waals surface area contributed by atoms with Gasteiger partial charge in [0.2, 0.25) is 0 Å². The zero-order valence-corrected chi connectivity index (χ0v) is 21.9. The molecule has 0 aromatic carbocycles. The van der Waals surface area contributed by atoms with Crippen LogP contribution in [0.15, 0.2) is 23.3 Å². The molecule has 4 rings (SSSR count). The molecule has 7 unspecified atom stereocenters. The zero-order valence-electron chi connectivity index (χ0n) is 21.9. The van der Waals surface area contributed by atoms with Crippen LogP contribution in [-0.2, 0) is 0 Å². The summed E-state index contributed by atoms with van der Waals surface area (Å²) in [5.74, 6) is 1.41. The maximum atomic E-state index is 10.8. The third-order valence-electron chi connectivity index (χ3n) is 11.7. The van der Waals surface area contributed by atoms with Crippen molar-refractivity contribution in [2.45, 2.75) is 126 Å². The number of aliphatic hydroxyl groups excluding tert-OH is 1. The summed E-state index contributed by atoms with van der Waals surface area (Å²) in [6.07, 6.45) is 17.8. The predicted octanol–water partition coefficient (Wildman–Crippen LogP) is 8.48. The molecule has 3 saturated carbocycles. The van der Waals surface area contributed by atoms with Crippen LogP contribution in [0.25, 0.3) is 0 Å². The van der Waals surface area contributed by atoms with Crippen LogP contribution in [0, 0.1) is 38.9 Å². The molecule has 3 fully saturated rings. The van der Waals surface area contributed by atoms with E-state index >= 15 is 0 Å². The van der Waals surface area contributed by atoms with Crippen molar-refractivity contribution in [3.05, 3.63) is 23.3 Å². The fraction of sp³-hybridized carbons (Fsp3) is 0.867. The van der Waals surface area contributed by atoms with Gasteiger partial charge in [-0.25, -0.2) is 0 Å². The molecule has 176 valence electrons. The summed E-state index contributed by atoms with van der Waals surface area (Å²) in [6, 6.07) is 0. The maximum Gasteiger partial charge on any atom is 0.0594 e. The highest BCUT2D eigenvalue weighted by Gasteiger charge is 2.66. The average molecular weight is 427 g/mol. The van der Waals surface area contributed by atoms with E-state index in [0.717, 1.165) is 12.3 Å². The molecule has 1 heteroatoms. The van der Waals surface area contributed by atoms with Crippen molar-refractivity contribution >= 4 is 0 Å². The molecule has 0 saturated heterocycles. The van der Waals surface area contributed by atoms with Gasteiger partial charge >= 0.3 is 0 Å². The largest absolute Gasteiger partial charge is 0.393 e. The van der Waals surface area contributed by atoms with Crippen molar-refractivity contribution in [3.63, 3.8) is 0 Å². The lowest BCUT2D eigenvalue weighted by Crippen LogP contribution is -2.63. The van der Waals surface area contributed by atoms with Crippen molar-refractivity contribution in [1.82, 2.24) is 0 Å². The van der Waals surface area contributed by atoms with E-state index in [1.54, 1.807) is 5.57 Å². The molecular formula is C30H50O. The summed E-state index contributed by atoms with van der Waals surface area (Å²) >= 11 is 0. The van der Waals surface area contributed by atoms with Crippen molar-refractivity contribution in [2.75, 3.05) is 0 Å². The molecule has 0 heterocycles. The van der Waals surface area contributed by atoms with Crippen LogP contribution in [0.4, 0.5) is 0 Å². The normalized spacial score (nSPS) is 48.7. The van der Waals surface area contributed by atoms with E-state index in [1.807, 2.05) is 0 Å². The second-order valence-corrected chi connectivity index (χ2v) is 14.0. The van der Waals surface area contributed by atoms with E-state index in [4.69, 9.17) is 0 Å². The van der Waals surface area contributed by atoms with Gasteiger partial charge in [0.15, 0.2) is 0 Å². The highest BCUT2D eigenvalue weighted by atomic mass is 16.3. The van der Waals surface area contributed by atoms with Crippen molar-refractivity contribution in [1.29, 1.82) is 0 Å². The maximum absolute atomic E-state index is 10.8. The summed E-state index contributed by atoms with van der Waals surface area (Å²) < 4.78 is 0. The van der Waals surface area contributed by atoms with Crippen LogP contribution >= 0.6 is 0 Å². The molecule has 0 bridgehead atoms. The summed E-state index contributed by atoms with van der Waals surface area (Å²) in [4.78, 5) is 0. The fourth-order valence-corrected chi connectivity index (χ4v) is 9.32. The van der Waals surface area contributed by atoms with Crippen LogP contribution in [0.1, 0.15) is 120 Å². The van der Waals surface area contributed by atoms with Crippen LogP contribution in [0.2, 0.25) is 0 Å². The number of aliphatic hydroxyl groups is 1. The minimum Gasteiger partial charge on any atom is -0.393 e. The summed E-state index contributed by atoms with van der Waals surface area (Å²) in [6.45, 7) is 19.7. The summed E-state index contributed by atoms with van der Waals surface area (Å²) in [7, 11) is 0. The first-order valence-corrected chi connectivity index (χ1v) is 13.3. The highest BCUT2D eigenvalue weighted by Crippen LogP contribution is 2.73. The molecule has 0 aliphatic heterocycles. The van der Waals surface area contributed by atoms with E-state index in [0.29, 0.717) is 27.6 Å². The summed E-state index contributed by atoms with van der Waals surface area (Å²) in [5, 5.41) is 10.8. The van der Waals surface area contributed by atoms with Crippen LogP contribution < -0.4 is 0 Å². The van der Waals surface area contributed by atoms with E-state index in [1.165, 1.54) is 63.4 Å². The smallest absolute Gasteiger partial charge is 0.0594 e. The van der Waals surface area contributed by atoms with Gasteiger partial charge in [0, 0.05) is 0 Å². The molecule has 0 spiro atoms. The molecule has 0 aromatic heterocycles. The number of fused-ring (bicyclic) bond motifs is 5. The first kappa shape index (κ1) is 23.6. The van der Waals surface area contributed by atoms with Crippen molar-refractivity contribution in [2.24, 2.45) is 38.9 Å². The lowest BCUT2D eigenvalue weighted by Gasteiger charge is -2.70. The number of allylic oxidation sites excluding steroid dienone is 4. The van der Waals surface area contributed by atoms with Crippen LogP contribution in [0.5, 0.6) is 0 Å². The van der Waals surface area contributed by atoms with Gasteiger partial charge in [-0.3, -0.25) is 0 Å². The first-order valence-electron chi connectivity index (χ1n) is 13.3. The van der Waals surface area contributed by atoms with Gasteiger partial charge in [0.25, 0.3) is 0 Å². The summed E-state index contributed by atoms with van der Waals surface area (Å²) in [5.41, 5.74) is 4.91. The quantitative estimate of drug-likeness (QED) is 0.449. The Morgan fingerprint density at radius 3 is 2.35 bits per heavy atom. The Hall–Kier alpha value is -0.560. The SMILES string of the molecule is CC(C)=CCCC1(C)CCC2(C)C(=CCC3C4(C)CCC(O)C(C)(C)C4CCC32C)C1. The second kappa shape index (κ2) is 7.48. The number of hydrogen-bond donors (Lipinski definition) is 1. The Balaban J connectivity index is 1.63. The van der Waals surface area contributed by atoms with Gasteiger partial charge < -0.3 is 5.11 Å². The third-order valence-corrected chi connectivity index (χ3v) is 11.7. The monoisotopic (exact) mass is 426 g/mol. The zero-order chi connectivity index (χ0) is 22.9. The van der Waals surface area contributed by atoms with E-state index in [-0.39, 0.29) is 11.5 Å². The van der Waals surface area contributed by atoms with Gasteiger partial charge in [-0.15, -0.1) is 0 Å². The third kappa shape index (κ3) is 3.43. The Kier molecular flexibility index (Phi) is 5.69. The molecule has 0 radical (unpaired) electrons. The van der Waals surface area contributed by atoms with E-state index in [2.05, 4.69) is 67.5 Å². The molecule has 31 heavy (non-hydrogen) atoms. The van der Waals surface area contributed by atoms with E-state index < -0.39 is 0 Å². The Morgan fingerprint density at radius 1 is 0.968 bits per heavy atom. The van der Waals surface area contributed by atoms with Gasteiger partial charge in [-0.1, -0.05) is 64.8 Å². The Morgan fingerprint density at radius 2 is 1.68 bits per heavy atom. The predicted molar refractivity (Wildman–Crippen MR) is 133 cm³/mol. The number of hydrogen-bond acceptors (Lipinski definition) is 1. The lowest BCUT2D eigenvalue weighted by molar-refractivity contribution is -0.198. The van der Waals surface area contributed by atoms with Crippen molar-refractivity contribution < 1.29 is 5.11 Å². The van der Waals surface area contributed by atoms with Gasteiger partial charge in [0.05, 0.1) is 6.10 Å². The standard InChI is InChI=1S/C30H50O/c1-21(2)10-9-15-27(5)18-19-29(7)22(20-27)11-12-24-28(6)16-14-25(31)26(3,4)23(28)13-17-30(24,29)8/h10-11,23-25,31H,9,12-20H2,1-8H3. The molecular weight excluding hydrogens is 376 g/mol. The van der Waals surface area contributed by atoms with Gasteiger partial charge in [-0.05, 0) is 117 Å². The van der Waals surface area contributed by atoms with Crippen molar-refractivity contribution in [3.8, 4) is 0 Å². The lowest BCUT2D eigenvalue weighted by atomic mass is 9.35. The van der Waals surface area contributed by atoms with Gasteiger partial charge in [0.1, 0.15) is 0 Å². The minimum absolute atomic E-state index is 0.0509. The Labute approximate surface area is 193 Å². The van der Waals surface area contributed by atoms with Crippen LogP contribution in [0.3, 0.4) is 0 Å². The molecule has 1 nitrogen and oxygen atoms in total.